The molecule has 1 aromatic rings. The lowest BCUT2D eigenvalue weighted by molar-refractivity contribution is 0.978. The van der Waals surface area contributed by atoms with Crippen molar-refractivity contribution in [3.63, 3.8) is 0 Å². The number of likely N-dealkylation sites (N-methyl/N-ethyl adjacent to an activating group) is 1. The van der Waals surface area contributed by atoms with Crippen LogP contribution in [0.2, 0.25) is 0 Å². The summed E-state index contributed by atoms with van der Waals surface area (Å²) in [6, 6.07) is 6.73. The molecule has 0 saturated carbocycles. The highest BCUT2D eigenvalue weighted by Gasteiger charge is 2.02. The minimum atomic E-state index is 0.923. The fourth-order valence-electron chi connectivity index (χ4n) is 1.76. The van der Waals surface area contributed by atoms with E-state index in [1.165, 1.54) is 22.4 Å². The average molecular weight is 203 g/mol. The first-order chi connectivity index (χ1) is 7.02. The van der Waals surface area contributed by atoms with Gasteiger partial charge in [-0.25, -0.2) is 0 Å². The van der Waals surface area contributed by atoms with Gasteiger partial charge in [0.15, 0.2) is 0 Å². The first-order valence-corrected chi connectivity index (χ1v) is 5.49. The highest BCUT2D eigenvalue weighted by Crippen LogP contribution is 2.18. The van der Waals surface area contributed by atoms with Crippen molar-refractivity contribution >= 4 is 5.69 Å². The van der Waals surface area contributed by atoms with Crippen molar-refractivity contribution in [1.82, 2.24) is 0 Å². The molecule has 1 nitrogen and oxygen atoms in total. The summed E-state index contributed by atoms with van der Waals surface area (Å²) in [6.07, 6.45) is 1.09. The summed E-state index contributed by atoms with van der Waals surface area (Å²) < 4.78 is 0. The summed E-state index contributed by atoms with van der Waals surface area (Å²) >= 11 is 0. The SMILES string of the molecule is C=C(C)CN(C)c1cc(C)cc(CC)c1. The third-order valence-corrected chi connectivity index (χ3v) is 2.48. The van der Waals surface area contributed by atoms with Gasteiger partial charge in [0.25, 0.3) is 0 Å². The third kappa shape index (κ3) is 3.43. The maximum Gasteiger partial charge on any atom is 0.0380 e. The fraction of sp³-hybridized carbons (Fsp3) is 0.429. The zero-order valence-electron chi connectivity index (χ0n) is 10.3. The number of hydrogen-bond donors (Lipinski definition) is 0. The van der Waals surface area contributed by atoms with E-state index in [0.717, 1.165) is 13.0 Å². The molecule has 0 atom stereocenters. The Morgan fingerprint density at radius 1 is 1.33 bits per heavy atom. The molecule has 1 heteroatoms. The second-order valence-electron chi connectivity index (χ2n) is 4.34. The standard InChI is InChI=1S/C14H21N/c1-6-13-7-12(4)8-14(9-13)15(5)10-11(2)3/h7-9H,2,6,10H2,1,3-5H3. The van der Waals surface area contributed by atoms with Crippen LogP contribution in [0.5, 0.6) is 0 Å². The number of aryl methyl sites for hydroxylation is 2. The summed E-state index contributed by atoms with van der Waals surface area (Å²) in [5.74, 6) is 0. The Kier molecular flexibility index (Phi) is 3.96. The molecule has 0 aliphatic heterocycles. The zero-order chi connectivity index (χ0) is 11.4. The number of anilines is 1. The zero-order valence-corrected chi connectivity index (χ0v) is 10.3. The Hall–Kier alpha value is -1.24. The van der Waals surface area contributed by atoms with Gasteiger partial charge in [-0.1, -0.05) is 25.1 Å². The smallest absolute Gasteiger partial charge is 0.0380 e. The van der Waals surface area contributed by atoms with E-state index in [1.54, 1.807) is 0 Å². The van der Waals surface area contributed by atoms with E-state index < -0.39 is 0 Å². The maximum atomic E-state index is 3.94. The molecule has 0 amide bonds. The van der Waals surface area contributed by atoms with Crippen LogP contribution < -0.4 is 4.90 Å². The largest absolute Gasteiger partial charge is 0.371 e. The van der Waals surface area contributed by atoms with Crippen LogP contribution in [0.15, 0.2) is 30.4 Å². The summed E-state index contributed by atoms with van der Waals surface area (Å²) in [4.78, 5) is 2.24. The van der Waals surface area contributed by atoms with Gasteiger partial charge in [-0.15, -0.1) is 0 Å². The van der Waals surface area contributed by atoms with Gasteiger partial charge in [0.2, 0.25) is 0 Å². The van der Waals surface area contributed by atoms with E-state index in [2.05, 4.69) is 57.5 Å². The number of benzene rings is 1. The highest BCUT2D eigenvalue weighted by molar-refractivity contribution is 5.51. The monoisotopic (exact) mass is 203 g/mol. The van der Waals surface area contributed by atoms with Gasteiger partial charge in [-0.2, -0.15) is 0 Å². The maximum absolute atomic E-state index is 3.94. The van der Waals surface area contributed by atoms with E-state index in [0.29, 0.717) is 0 Å². The quantitative estimate of drug-likeness (QED) is 0.676. The Bertz CT molecular complexity index is 352. The van der Waals surface area contributed by atoms with Crippen LogP contribution >= 0.6 is 0 Å². The summed E-state index contributed by atoms with van der Waals surface area (Å²) in [5, 5.41) is 0. The second kappa shape index (κ2) is 5.01. The molecule has 0 fully saturated rings. The van der Waals surface area contributed by atoms with Crippen LogP contribution in [0.25, 0.3) is 0 Å². The lowest BCUT2D eigenvalue weighted by Gasteiger charge is -2.20. The molecule has 1 rings (SSSR count). The van der Waals surface area contributed by atoms with Crippen LogP contribution in [0.4, 0.5) is 5.69 Å². The van der Waals surface area contributed by atoms with Crippen molar-refractivity contribution in [2.24, 2.45) is 0 Å². The van der Waals surface area contributed by atoms with Crippen molar-refractivity contribution < 1.29 is 0 Å². The molecule has 0 unspecified atom stereocenters. The van der Waals surface area contributed by atoms with Crippen LogP contribution in [0, 0.1) is 6.92 Å². The molecule has 0 N–H and O–H groups in total. The van der Waals surface area contributed by atoms with Crippen LogP contribution in [0.3, 0.4) is 0 Å². The molecular weight excluding hydrogens is 182 g/mol. The van der Waals surface area contributed by atoms with E-state index in [-0.39, 0.29) is 0 Å². The molecule has 1 aromatic carbocycles. The molecule has 82 valence electrons. The Labute approximate surface area is 93.4 Å². The van der Waals surface area contributed by atoms with E-state index in [4.69, 9.17) is 0 Å². The van der Waals surface area contributed by atoms with Gasteiger partial charge >= 0.3 is 0 Å². The predicted molar refractivity (Wildman–Crippen MR) is 68.6 cm³/mol. The van der Waals surface area contributed by atoms with Gasteiger partial charge in [-0.3, -0.25) is 0 Å². The van der Waals surface area contributed by atoms with Crippen molar-refractivity contribution in [2.75, 3.05) is 18.5 Å². The minimum absolute atomic E-state index is 0.923. The van der Waals surface area contributed by atoms with Crippen molar-refractivity contribution in [3.05, 3.63) is 41.5 Å². The Balaban J connectivity index is 2.92. The van der Waals surface area contributed by atoms with Crippen LogP contribution in [0.1, 0.15) is 25.0 Å². The first-order valence-electron chi connectivity index (χ1n) is 5.49. The van der Waals surface area contributed by atoms with E-state index >= 15 is 0 Å². The number of nitrogens with zero attached hydrogens (tertiary/aromatic N) is 1. The van der Waals surface area contributed by atoms with Gasteiger partial charge in [0.1, 0.15) is 0 Å². The minimum Gasteiger partial charge on any atom is -0.371 e. The molecule has 15 heavy (non-hydrogen) atoms. The van der Waals surface area contributed by atoms with Crippen molar-refractivity contribution in [1.29, 1.82) is 0 Å². The van der Waals surface area contributed by atoms with Gasteiger partial charge in [0.05, 0.1) is 0 Å². The summed E-state index contributed by atoms with van der Waals surface area (Å²) in [6.45, 7) is 11.3. The Morgan fingerprint density at radius 2 is 2.00 bits per heavy atom. The van der Waals surface area contributed by atoms with Gasteiger partial charge in [-0.05, 0) is 43.5 Å². The van der Waals surface area contributed by atoms with Crippen LogP contribution in [-0.2, 0) is 6.42 Å². The molecule has 0 aliphatic rings. The van der Waals surface area contributed by atoms with E-state index in [1.807, 2.05) is 0 Å². The lowest BCUT2D eigenvalue weighted by Crippen LogP contribution is -2.19. The fourth-order valence-corrected chi connectivity index (χ4v) is 1.76. The normalized spacial score (nSPS) is 10.1. The highest BCUT2D eigenvalue weighted by atomic mass is 15.1. The lowest BCUT2D eigenvalue weighted by atomic mass is 10.1. The van der Waals surface area contributed by atoms with E-state index in [9.17, 15) is 0 Å². The van der Waals surface area contributed by atoms with Gasteiger partial charge < -0.3 is 4.90 Å². The topological polar surface area (TPSA) is 3.24 Å². The molecule has 0 aromatic heterocycles. The Morgan fingerprint density at radius 3 is 2.53 bits per heavy atom. The van der Waals surface area contributed by atoms with Crippen molar-refractivity contribution in [2.45, 2.75) is 27.2 Å². The third-order valence-electron chi connectivity index (χ3n) is 2.48. The second-order valence-corrected chi connectivity index (χ2v) is 4.34. The molecule has 0 spiro atoms. The molecule has 0 radical (unpaired) electrons. The molecule has 0 bridgehead atoms. The molecule has 0 saturated heterocycles. The molecule has 0 heterocycles. The molecule has 0 aliphatic carbocycles. The summed E-state index contributed by atoms with van der Waals surface area (Å²) in [5.41, 5.74) is 5.21. The summed E-state index contributed by atoms with van der Waals surface area (Å²) in [7, 11) is 2.11. The van der Waals surface area contributed by atoms with Gasteiger partial charge in [0, 0.05) is 19.3 Å². The number of hydrogen-bond acceptors (Lipinski definition) is 1. The first kappa shape index (κ1) is 11.8. The molecular formula is C14H21N. The number of rotatable bonds is 4. The van der Waals surface area contributed by atoms with Crippen molar-refractivity contribution in [3.8, 4) is 0 Å². The average Bonchev–Trinajstić information content (AvgIpc) is 2.15. The predicted octanol–water partition coefficient (Wildman–Crippen LogP) is 3.57. The van der Waals surface area contributed by atoms with Crippen LogP contribution in [-0.4, -0.2) is 13.6 Å².